The lowest BCUT2D eigenvalue weighted by Gasteiger charge is -2.09. The molecule has 0 fully saturated rings. The van der Waals surface area contributed by atoms with Crippen molar-refractivity contribution in [2.24, 2.45) is 5.73 Å². The highest BCUT2D eigenvalue weighted by Crippen LogP contribution is 2.17. The highest BCUT2D eigenvalue weighted by Gasteiger charge is 2.04. The van der Waals surface area contributed by atoms with Gasteiger partial charge in [-0.05, 0) is 12.1 Å². The molecule has 0 radical (unpaired) electrons. The Morgan fingerprint density at radius 2 is 0.698 bits per heavy atom. The highest BCUT2D eigenvalue weighted by molar-refractivity contribution is 5.35. The third kappa shape index (κ3) is 27.3. The van der Waals surface area contributed by atoms with Gasteiger partial charge in [-0.1, -0.05) is 0 Å². The maximum atomic E-state index is 10.6. The molecule has 0 aliphatic heterocycles. The minimum Gasteiger partial charge on any atom is -0.491 e. The second kappa shape index (κ2) is 31.4. The van der Waals surface area contributed by atoms with E-state index in [2.05, 4.69) is 0 Å². The van der Waals surface area contributed by atoms with Gasteiger partial charge in [0.2, 0.25) is 0 Å². The lowest BCUT2D eigenvalue weighted by Crippen LogP contribution is -2.15. The number of hydrogen-bond donors (Lipinski definition) is 1. The van der Waals surface area contributed by atoms with Crippen LogP contribution in [0.5, 0.6) is 5.75 Å². The Labute approximate surface area is 254 Å². The first-order valence-electron chi connectivity index (χ1n) is 14.6. The Kier molecular flexibility index (Phi) is 28.5. The summed E-state index contributed by atoms with van der Waals surface area (Å²) in [6.45, 7) is 10.7. The van der Waals surface area contributed by atoms with E-state index in [1.54, 1.807) is 12.1 Å². The van der Waals surface area contributed by atoms with Crippen LogP contribution in [0.15, 0.2) is 24.3 Å². The van der Waals surface area contributed by atoms with Gasteiger partial charge in [-0.2, -0.15) is 0 Å². The largest absolute Gasteiger partial charge is 0.491 e. The van der Waals surface area contributed by atoms with Crippen LogP contribution < -0.4 is 10.5 Å². The van der Waals surface area contributed by atoms with Crippen molar-refractivity contribution < 1.29 is 57.0 Å². The van der Waals surface area contributed by atoms with Crippen LogP contribution in [0.2, 0.25) is 0 Å². The normalized spacial score (nSPS) is 11.3. The van der Waals surface area contributed by atoms with E-state index < -0.39 is 4.92 Å². The van der Waals surface area contributed by atoms with Gasteiger partial charge in [0, 0.05) is 18.7 Å². The van der Waals surface area contributed by atoms with Gasteiger partial charge in [0.05, 0.1) is 137 Å². The Hall–Kier alpha value is -2.02. The summed E-state index contributed by atoms with van der Waals surface area (Å²) in [6.07, 6.45) is 0. The molecule has 1 rings (SSSR count). The number of nitro groups is 1. The van der Waals surface area contributed by atoms with Crippen molar-refractivity contribution in [3.63, 3.8) is 0 Å². The van der Waals surface area contributed by atoms with Gasteiger partial charge in [0.25, 0.3) is 5.69 Å². The van der Waals surface area contributed by atoms with Crippen LogP contribution in [0.4, 0.5) is 5.69 Å². The summed E-state index contributed by atoms with van der Waals surface area (Å²) in [5.41, 5.74) is 5.35. The first-order valence-corrected chi connectivity index (χ1v) is 14.6. The van der Waals surface area contributed by atoms with Crippen LogP contribution in [0.1, 0.15) is 0 Å². The molecule has 43 heavy (non-hydrogen) atoms. The lowest BCUT2D eigenvalue weighted by atomic mass is 10.3. The quantitative estimate of drug-likeness (QED) is 0.0658. The van der Waals surface area contributed by atoms with Crippen molar-refractivity contribution >= 4 is 5.69 Å². The summed E-state index contributed by atoms with van der Waals surface area (Å²) in [5, 5.41) is 10.6. The van der Waals surface area contributed by atoms with Crippen molar-refractivity contribution in [1.29, 1.82) is 0 Å². The molecule has 1 aromatic rings. The number of benzene rings is 1. The molecule has 0 bridgehead atoms. The van der Waals surface area contributed by atoms with Crippen molar-refractivity contribution in [3.05, 3.63) is 34.4 Å². The molecule has 0 atom stereocenters. The topological polar surface area (TPSA) is 171 Å². The lowest BCUT2D eigenvalue weighted by molar-refractivity contribution is -0.384. The molecule has 0 saturated heterocycles. The number of nitrogens with two attached hydrogens (primary N) is 1. The maximum Gasteiger partial charge on any atom is 0.269 e. The van der Waals surface area contributed by atoms with E-state index in [1.165, 1.54) is 12.1 Å². The first kappa shape index (κ1) is 39.0. The maximum absolute atomic E-state index is 10.6. The number of hydrogen-bond acceptors (Lipinski definition) is 14. The van der Waals surface area contributed by atoms with E-state index in [0.717, 1.165) is 0 Å². The molecule has 0 saturated carbocycles. The molecule has 15 nitrogen and oxygen atoms in total. The molecule has 250 valence electrons. The fraction of sp³-hybridized carbons (Fsp3) is 0.786. The molecule has 1 aromatic carbocycles. The van der Waals surface area contributed by atoms with Crippen LogP contribution in [-0.2, 0) is 47.4 Å². The zero-order chi connectivity index (χ0) is 30.9. The van der Waals surface area contributed by atoms with Crippen molar-refractivity contribution in [2.45, 2.75) is 0 Å². The van der Waals surface area contributed by atoms with Gasteiger partial charge in [0.15, 0.2) is 0 Å². The molecule has 0 unspecified atom stereocenters. The predicted octanol–water partition coefficient (Wildman–Crippen LogP) is 1.10. The average molecular weight is 623 g/mol. The predicted molar refractivity (Wildman–Crippen MR) is 156 cm³/mol. The van der Waals surface area contributed by atoms with E-state index in [9.17, 15) is 10.1 Å². The highest BCUT2D eigenvalue weighted by atomic mass is 16.6. The van der Waals surface area contributed by atoms with Gasteiger partial charge in [0.1, 0.15) is 12.4 Å². The minimum absolute atomic E-state index is 0.0256. The fourth-order valence-electron chi connectivity index (χ4n) is 3.05. The first-order chi connectivity index (χ1) is 21.2. The summed E-state index contributed by atoms with van der Waals surface area (Å²) in [6, 6.07) is 5.91. The van der Waals surface area contributed by atoms with E-state index >= 15 is 0 Å². The number of non-ortho nitro benzene ring substituents is 1. The van der Waals surface area contributed by atoms with E-state index in [1.807, 2.05) is 0 Å². The van der Waals surface area contributed by atoms with Crippen LogP contribution in [0.25, 0.3) is 0 Å². The second-order valence-corrected chi connectivity index (χ2v) is 8.51. The summed E-state index contributed by atoms with van der Waals surface area (Å²) in [5.74, 6) is 0.556. The number of rotatable bonds is 34. The standard InChI is InChI=1S/C28H50N2O13/c29-5-6-33-7-8-34-9-10-35-11-12-36-13-14-37-15-16-38-17-18-39-19-20-40-21-22-41-23-24-42-25-26-43-28-3-1-27(2-4-28)30(31)32/h1-4H,5-26,29H2. The average Bonchev–Trinajstić information content (AvgIpc) is 3.02. The van der Waals surface area contributed by atoms with Gasteiger partial charge in [-0.3, -0.25) is 10.1 Å². The van der Waals surface area contributed by atoms with Crippen LogP contribution >= 0.6 is 0 Å². The molecule has 0 aliphatic carbocycles. The SMILES string of the molecule is NCCOCCOCCOCCOCCOCCOCCOCCOCCOCCOCCOc1ccc([N+](=O)[O-])cc1. The van der Waals surface area contributed by atoms with Crippen molar-refractivity contribution in [3.8, 4) is 5.75 Å². The summed E-state index contributed by atoms with van der Waals surface area (Å²) in [7, 11) is 0. The van der Waals surface area contributed by atoms with Crippen LogP contribution in [-0.4, -0.2) is 150 Å². The number of nitro benzene ring substituents is 1. The third-order valence-corrected chi connectivity index (χ3v) is 5.15. The molecule has 15 heteroatoms. The zero-order valence-corrected chi connectivity index (χ0v) is 25.2. The Bertz CT molecular complexity index is 731. The summed E-state index contributed by atoms with van der Waals surface area (Å²) >= 11 is 0. The Morgan fingerprint density at radius 3 is 0.953 bits per heavy atom. The van der Waals surface area contributed by atoms with E-state index in [-0.39, 0.29) is 5.69 Å². The summed E-state index contributed by atoms with van der Waals surface area (Å²) in [4.78, 5) is 10.2. The molecule has 0 heterocycles. The second-order valence-electron chi connectivity index (χ2n) is 8.51. The minimum atomic E-state index is -0.453. The molecule has 2 N–H and O–H groups in total. The van der Waals surface area contributed by atoms with Gasteiger partial charge in [-0.25, -0.2) is 0 Å². The summed E-state index contributed by atoms with van der Waals surface area (Å²) < 4.78 is 59.5. The van der Waals surface area contributed by atoms with Gasteiger partial charge >= 0.3 is 0 Å². The monoisotopic (exact) mass is 622 g/mol. The molecule has 0 spiro atoms. The van der Waals surface area contributed by atoms with Crippen LogP contribution in [0.3, 0.4) is 0 Å². The van der Waals surface area contributed by atoms with Gasteiger partial charge in [-0.15, -0.1) is 0 Å². The molecule has 0 amide bonds. The van der Waals surface area contributed by atoms with Gasteiger partial charge < -0.3 is 57.8 Å². The number of ether oxygens (including phenoxy) is 11. The number of nitrogens with zero attached hydrogens (tertiary/aromatic N) is 1. The third-order valence-electron chi connectivity index (χ3n) is 5.15. The Morgan fingerprint density at radius 1 is 0.442 bits per heavy atom. The Balaban J connectivity index is 1.66. The fourth-order valence-corrected chi connectivity index (χ4v) is 3.05. The zero-order valence-electron chi connectivity index (χ0n) is 25.2. The van der Waals surface area contributed by atoms with Crippen LogP contribution in [0, 0.1) is 10.1 Å². The molecule has 0 aliphatic rings. The molecular formula is C28H50N2O13. The van der Waals surface area contributed by atoms with Crippen molar-refractivity contribution in [2.75, 3.05) is 145 Å². The smallest absolute Gasteiger partial charge is 0.269 e. The van der Waals surface area contributed by atoms with E-state index in [0.29, 0.717) is 151 Å². The van der Waals surface area contributed by atoms with E-state index in [4.69, 9.17) is 57.8 Å². The van der Waals surface area contributed by atoms with Crippen molar-refractivity contribution in [1.82, 2.24) is 0 Å². The molecular weight excluding hydrogens is 572 g/mol. The molecule has 0 aromatic heterocycles.